The number of carbonyl (C=O) groups excluding carboxylic acids is 1. The monoisotopic (exact) mass is 272 g/mol. The number of nitrogens with zero attached hydrogens (tertiary/aromatic N) is 1. The number of urea groups is 1. The van der Waals surface area contributed by atoms with Crippen molar-refractivity contribution in [3.8, 4) is 0 Å². The van der Waals surface area contributed by atoms with Gasteiger partial charge in [-0.3, -0.25) is 0 Å². The second kappa shape index (κ2) is 7.33. The normalized spacial score (nSPS) is 24.3. The molecule has 0 radical (unpaired) electrons. The SMILES string of the molecule is COCCCC(NC(=O)N1CC(C)C(C)C1)C(=O)O. The minimum atomic E-state index is -0.996. The van der Waals surface area contributed by atoms with Crippen LogP contribution in [0.5, 0.6) is 0 Å². The molecule has 0 aromatic heterocycles. The predicted octanol–water partition coefficient (Wildman–Crippen LogP) is 1.16. The highest BCUT2D eigenvalue weighted by atomic mass is 16.5. The summed E-state index contributed by atoms with van der Waals surface area (Å²) >= 11 is 0. The summed E-state index contributed by atoms with van der Waals surface area (Å²) in [6, 6.07) is -1.12. The Morgan fingerprint density at radius 2 is 1.95 bits per heavy atom. The van der Waals surface area contributed by atoms with Crippen LogP contribution in [0.1, 0.15) is 26.7 Å². The number of aliphatic carboxylic acids is 1. The highest BCUT2D eigenvalue weighted by Gasteiger charge is 2.31. The summed E-state index contributed by atoms with van der Waals surface area (Å²) in [6.45, 7) is 6.09. The van der Waals surface area contributed by atoms with E-state index in [0.717, 1.165) is 0 Å². The summed E-state index contributed by atoms with van der Waals surface area (Å²) < 4.78 is 4.89. The van der Waals surface area contributed by atoms with E-state index in [0.29, 0.717) is 44.4 Å². The fourth-order valence-electron chi connectivity index (χ4n) is 2.23. The molecule has 19 heavy (non-hydrogen) atoms. The molecule has 1 aliphatic rings. The van der Waals surface area contributed by atoms with Gasteiger partial charge in [0.05, 0.1) is 0 Å². The quantitative estimate of drug-likeness (QED) is 0.711. The zero-order chi connectivity index (χ0) is 14.4. The third-order valence-electron chi connectivity index (χ3n) is 3.71. The minimum Gasteiger partial charge on any atom is -0.480 e. The van der Waals surface area contributed by atoms with Gasteiger partial charge < -0.3 is 20.1 Å². The molecule has 1 saturated heterocycles. The lowest BCUT2D eigenvalue weighted by Gasteiger charge is -2.21. The number of ether oxygens (including phenoxy) is 1. The second-order valence-electron chi connectivity index (χ2n) is 5.33. The number of hydrogen-bond donors (Lipinski definition) is 2. The van der Waals surface area contributed by atoms with Gasteiger partial charge in [-0.2, -0.15) is 0 Å². The van der Waals surface area contributed by atoms with E-state index in [2.05, 4.69) is 19.2 Å². The topological polar surface area (TPSA) is 78.9 Å². The van der Waals surface area contributed by atoms with Crippen LogP contribution < -0.4 is 5.32 Å². The van der Waals surface area contributed by atoms with Crippen LogP contribution >= 0.6 is 0 Å². The van der Waals surface area contributed by atoms with Crippen molar-refractivity contribution in [1.82, 2.24) is 10.2 Å². The van der Waals surface area contributed by atoms with Gasteiger partial charge in [-0.05, 0) is 24.7 Å². The van der Waals surface area contributed by atoms with E-state index in [1.165, 1.54) is 0 Å². The third-order valence-corrected chi connectivity index (χ3v) is 3.71. The predicted molar refractivity (Wildman–Crippen MR) is 71.0 cm³/mol. The molecule has 2 N–H and O–H groups in total. The van der Waals surface area contributed by atoms with E-state index >= 15 is 0 Å². The molecule has 110 valence electrons. The van der Waals surface area contributed by atoms with Crippen LogP contribution in [-0.4, -0.2) is 54.9 Å². The van der Waals surface area contributed by atoms with Crippen molar-refractivity contribution in [3.63, 3.8) is 0 Å². The van der Waals surface area contributed by atoms with Gasteiger partial charge in [0.25, 0.3) is 0 Å². The Bertz CT molecular complexity index is 312. The molecule has 6 heteroatoms. The smallest absolute Gasteiger partial charge is 0.326 e. The first-order valence-electron chi connectivity index (χ1n) is 6.72. The largest absolute Gasteiger partial charge is 0.480 e. The number of carboxylic acid groups (broad SMARTS) is 1. The number of rotatable bonds is 6. The number of methoxy groups -OCH3 is 1. The zero-order valence-corrected chi connectivity index (χ0v) is 11.9. The van der Waals surface area contributed by atoms with E-state index in [4.69, 9.17) is 9.84 Å². The first-order chi connectivity index (χ1) is 8.95. The van der Waals surface area contributed by atoms with Crippen LogP contribution in [0.4, 0.5) is 4.79 Å². The van der Waals surface area contributed by atoms with Gasteiger partial charge in [0.15, 0.2) is 0 Å². The Morgan fingerprint density at radius 1 is 1.37 bits per heavy atom. The summed E-state index contributed by atoms with van der Waals surface area (Å²) in [6.07, 6.45) is 0.994. The molecule has 1 rings (SSSR count). The van der Waals surface area contributed by atoms with Crippen LogP contribution in [0.2, 0.25) is 0 Å². The molecule has 0 aromatic rings. The molecule has 1 fully saturated rings. The van der Waals surface area contributed by atoms with Gasteiger partial charge in [-0.1, -0.05) is 13.8 Å². The number of hydrogen-bond acceptors (Lipinski definition) is 3. The first kappa shape index (κ1) is 15.8. The lowest BCUT2D eigenvalue weighted by molar-refractivity contribution is -0.139. The van der Waals surface area contributed by atoms with Crippen molar-refractivity contribution in [2.24, 2.45) is 11.8 Å². The second-order valence-corrected chi connectivity index (χ2v) is 5.33. The van der Waals surface area contributed by atoms with Crippen molar-refractivity contribution in [1.29, 1.82) is 0 Å². The van der Waals surface area contributed by atoms with Crippen LogP contribution in [0.3, 0.4) is 0 Å². The molecule has 0 saturated carbocycles. The van der Waals surface area contributed by atoms with Crippen LogP contribution in [0.15, 0.2) is 0 Å². The zero-order valence-electron chi connectivity index (χ0n) is 11.9. The van der Waals surface area contributed by atoms with Crippen LogP contribution in [-0.2, 0) is 9.53 Å². The molecular formula is C13H24N2O4. The highest BCUT2D eigenvalue weighted by molar-refractivity contribution is 5.82. The highest BCUT2D eigenvalue weighted by Crippen LogP contribution is 2.21. The fourth-order valence-corrected chi connectivity index (χ4v) is 2.23. The molecular weight excluding hydrogens is 248 g/mol. The number of likely N-dealkylation sites (tertiary alicyclic amines) is 1. The average molecular weight is 272 g/mol. The number of nitrogens with one attached hydrogen (secondary N) is 1. The maximum atomic E-state index is 12.0. The Kier molecular flexibility index (Phi) is 6.08. The van der Waals surface area contributed by atoms with E-state index in [1.807, 2.05) is 0 Å². The van der Waals surface area contributed by atoms with E-state index in [-0.39, 0.29) is 6.03 Å². The van der Waals surface area contributed by atoms with Crippen LogP contribution in [0, 0.1) is 11.8 Å². The third kappa shape index (κ3) is 4.70. The summed E-state index contributed by atoms with van der Waals surface area (Å²) in [5.41, 5.74) is 0. The lowest BCUT2D eigenvalue weighted by atomic mass is 10.0. The summed E-state index contributed by atoms with van der Waals surface area (Å²) in [5.74, 6) is -0.0743. The Hall–Kier alpha value is -1.30. The molecule has 3 atom stereocenters. The Morgan fingerprint density at radius 3 is 2.42 bits per heavy atom. The van der Waals surface area contributed by atoms with Gasteiger partial charge in [0.1, 0.15) is 6.04 Å². The molecule has 0 aromatic carbocycles. The summed E-state index contributed by atoms with van der Waals surface area (Å²) in [7, 11) is 1.57. The maximum Gasteiger partial charge on any atom is 0.326 e. The molecule has 2 amide bonds. The van der Waals surface area contributed by atoms with E-state index < -0.39 is 12.0 Å². The van der Waals surface area contributed by atoms with Crippen LogP contribution in [0.25, 0.3) is 0 Å². The van der Waals surface area contributed by atoms with Gasteiger partial charge in [-0.15, -0.1) is 0 Å². The van der Waals surface area contributed by atoms with Crippen molar-refractivity contribution in [2.45, 2.75) is 32.7 Å². The molecule has 1 heterocycles. The molecule has 3 unspecified atom stereocenters. The number of carboxylic acids is 1. The minimum absolute atomic E-state index is 0.277. The summed E-state index contributed by atoms with van der Waals surface area (Å²) in [4.78, 5) is 24.8. The number of amides is 2. The summed E-state index contributed by atoms with van der Waals surface area (Å²) in [5, 5.41) is 11.7. The Balaban J connectivity index is 2.45. The van der Waals surface area contributed by atoms with Gasteiger partial charge in [0.2, 0.25) is 0 Å². The van der Waals surface area contributed by atoms with E-state index in [1.54, 1.807) is 12.0 Å². The molecule has 0 spiro atoms. The molecule has 0 aliphatic carbocycles. The number of carbonyl (C=O) groups is 2. The maximum absolute atomic E-state index is 12.0. The average Bonchev–Trinajstić information content (AvgIpc) is 2.68. The van der Waals surface area contributed by atoms with E-state index in [9.17, 15) is 9.59 Å². The van der Waals surface area contributed by atoms with Gasteiger partial charge in [-0.25, -0.2) is 9.59 Å². The standard InChI is InChI=1S/C13H24N2O4/c1-9-7-15(8-10(9)2)13(18)14-11(12(16)17)5-4-6-19-3/h9-11H,4-8H2,1-3H3,(H,14,18)(H,16,17). The molecule has 1 aliphatic heterocycles. The molecule has 6 nitrogen and oxygen atoms in total. The van der Waals surface area contributed by atoms with Gasteiger partial charge >= 0.3 is 12.0 Å². The lowest BCUT2D eigenvalue weighted by Crippen LogP contribution is -2.47. The Labute approximate surface area is 114 Å². The first-order valence-corrected chi connectivity index (χ1v) is 6.72. The van der Waals surface area contributed by atoms with Gasteiger partial charge in [0, 0.05) is 26.8 Å². The molecule has 0 bridgehead atoms. The van der Waals surface area contributed by atoms with Crippen molar-refractivity contribution in [2.75, 3.05) is 26.8 Å². The van der Waals surface area contributed by atoms with Crippen molar-refractivity contribution in [3.05, 3.63) is 0 Å². The fraction of sp³-hybridized carbons (Fsp3) is 0.846. The van der Waals surface area contributed by atoms with Crippen molar-refractivity contribution < 1.29 is 19.4 Å². The van der Waals surface area contributed by atoms with Crippen molar-refractivity contribution >= 4 is 12.0 Å².